The summed E-state index contributed by atoms with van der Waals surface area (Å²) in [6.07, 6.45) is 3.98. The van der Waals surface area contributed by atoms with Gasteiger partial charge in [-0.2, -0.15) is 8.42 Å². The monoisotopic (exact) mass is 307 g/mol. The molecule has 1 aliphatic carbocycles. The number of amides is 1. The van der Waals surface area contributed by atoms with E-state index in [0.29, 0.717) is 0 Å². The van der Waals surface area contributed by atoms with Gasteiger partial charge in [-0.3, -0.25) is 4.18 Å². The molecular weight excluding hydrogens is 282 g/mol. The van der Waals surface area contributed by atoms with Gasteiger partial charge in [0.05, 0.1) is 12.9 Å². The molecule has 1 amide bonds. The number of alkyl carbamates (subject to hydrolysis) is 1. The number of rotatable bonds is 4. The Morgan fingerprint density at radius 3 is 2.20 bits per heavy atom. The highest BCUT2D eigenvalue weighted by molar-refractivity contribution is 7.85. The van der Waals surface area contributed by atoms with Gasteiger partial charge in [-0.1, -0.05) is 0 Å². The van der Waals surface area contributed by atoms with Crippen molar-refractivity contribution in [3.63, 3.8) is 0 Å². The van der Waals surface area contributed by atoms with E-state index < -0.39 is 21.8 Å². The van der Waals surface area contributed by atoms with Gasteiger partial charge in [-0.05, 0) is 52.4 Å². The van der Waals surface area contributed by atoms with E-state index in [-0.39, 0.29) is 18.6 Å². The van der Waals surface area contributed by atoms with Crippen LogP contribution in [0.2, 0.25) is 0 Å². The molecule has 1 rings (SSSR count). The molecule has 0 aromatic rings. The average molecular weight is 307 g/mol. The molecule has 1 N–H and O–H groups in total. The first-order chi connectivity index (χ1) is 9.05. The molecule has 1 fully saturated rings. The van der Waals surface area contributed by atoms with Crippen molar-refractivity contribution in [2.45, 2.75) is 58.1 Å². The molecule has 118 valence electrons. The second kappa shape index (κ2) is 6.76. The van der Waals surface area contributed by atoms with Crippen LogP contribution in [-0.2, 0) is 19.0 Å². The molecule has 0 aromatic heterocycles. The predicted molar refractivity (Wildman–Crippen MR) is 75.9 cm³/mol. The van der Waals surface area contributed by atoms with Crippen LogP contribution in [-0.4, -0.2) is 39.0 Å². The summed E-state index contributed by atoms with van der Waals surface area (Å²) in [6.45, 7) is 5.71. The minimum Gasteiger partial charge on any atom is -0.444 e. The third-order valence-electron chi connectivity index (χ3n) is 3.09. The Bertz CT molecular complexity index is 419. The maximum Gasteiger partial charge on any atom is 0.407 e. The van der Waals surface area contributed by atoms with Crippen LogP contribution in [0.5, 0.6) is 0 Å². The van der Waals surface area contributed by atoms with Crippen molar-refractivity contribution in [3.8, 4) is 0 Å². The van der Waals surface area contributed by atoms with Crippen molar-refractivity contribution >= 4 is 16.2 Å². The molecule has 0 radical (unpaired) electrons. The van der Waals surface area contributed by atoms with Crippen LogP contribution < -0.4 is 5.32 Å². The Kier molecular flexibility index (Phi) is 5.82. The Labute approximate surface area is 121 Å². The molecule has 7 heteroatoms. The fourth-order valence-electron chi connectivity index (χ4n) is 2.17. The Balaban J connectivity index is 2.27. The SMILES string of the molecule is CC(C)(C)OC(=O)NC1CCC(COS(C)(=O)=O)CC1. The third-order valence-corrected chi connectivity index (χ3v) is 3.65. The molecule has 0 heterocycles. The van der Waals surface area contributed by atoms with E-state index in [9.17, 15) is 13.2 Å². The second-order valence-corrected chi connectivity index (χ2v) is 8.00. The van der Waals surface area contributed by atoms with E-state index >= 15 is 0 Å². The van der Waals surface area contributed by atoms with Crippen LogP contribution in [0.1, 0.15) is 46.5 Å². The largest absolute Gasteiger partial charge is 0.444 e. The van der Waals surface area contributed by atoms with E-state index in [2.05, 4.69) is 5.32 Å². The number of hydrogen-bond acceptors (Lipinski definition) is 5. The zero-order chi connectivity index (χ0) is 15.4. The van der Waals surface area contributed by atoms with Gasteiger partial charge in [-0.15, -0.1) is 0 Å². The number of hydrogen-bond donors (Lipinski definition) is 1. The second-order valence-electron chi connectivity index (χ2n) is 6.35. The summed E-state index contributed by atoms with van der Waals surface area (Å²) in [4.78, 5) is 11.6. The van der Waals surface area contributed by atoms with Crippen LogP contribution in [0.3, 0.4) is 0 Å². The smallest absolute Gasteiger partial charge is 0.407 e. The molecule has 1 aliphatic rings. The molecule has 0 aliphatic heterocycles. The van der Waals surface area contributed by atoms with Gasteiger partial charge in [0.1, 0.15) is 5.60 Å². The van der Waals surface area contributed by atoms with Crippen molar-refractivity contribution < 1.29 is 22.1 Å². The molecule has 0 bridgehead atoms. The van der Waals surface area contributed by atoms with Crippen molar-refractivity contribution in [1.29, 1.82) is 0 Å². The highest BCUT2D eigenvalue weighted by Crippen LogP contribution is 2.25. The van der Waals surface area contributed by atoms with E-state index in [4.69, 9.17) is 8.92 Å². The summed E-state index contributed by atoms with van der Waals surface area (Å²) in [7, 11) is -3.37. The van der Waals surface area contributed by atoms with Crippen molar-refractivity contribution in [3.05, 3.63) is 0 Å². The Morgan fingerprint density at radius 1 is 1.20 bits per heavy atom. The van der Waals surface area contributed by atoms with E-state index in [1.54, 1.807) is 0 Å². The minimum atomic E-state index is -3.37. The van der Waals surface area contributed by atoms with Gasteiger partial charge in [0.25, 0.3) is 10.1 Å². The highest BCUT2D eigenvalue weighted by Gasteiger charge is 2.25. The fourth-order valence-corrected chi connectivity index (χ4v) is 2.61. The topological polar surface area (TPSA) is 81.7 Å². The van der Waals surface area contributed by atoms with E-state index in [0.717, 1.165) is 31.9 Å². The summed E-state index contributed by atoms with van der Waals surface area (Å²) in [5, 5.41) is 2.85. The summed E-state index contributed by atoms with van der Waals surface area (Å²) in [5.41, 5.74) is -0.495. The summed E-state index contributed by atoms with van der Waals surface area (Å²) in [6, 6.07) is 0.0966. The number of nitrogens with one attached hydrogen (secondary N) is 1. The van der Waals surface area contributed by atoms with Gasteiger partial charge in [0.2, 0.25) is 0 Å². The maximum atomic E-state index is 11.6. The lowest BCUT2D eigenvalue weighted by atomic mass is 9.87. The van der Waals surface area contributed by atoms with E-state index in [1.165, 1.54) is 0 Å². The lowest BCUT2D eigenvalue weighted by Gasteiger charge is -2.29. The van der Waals surface area contributed by atoms with Crippen molar-refractivity contribution in [2.75, 3.05) is 12.9 Å². The molecule has 6 nitrogen and oxygen atoms in total. The van der Waals surface area contributed by atoms with Crippen LogP contribution in [0.4, 0.5) is 4.79 Å². The Morgan fingerprint density at radius 2 is 1.75 bits per heavy atom. The highest BCUT2D eigenvalue weighted by atomic mass is 32.2. The van der Waals surface area contributed by atoms with Crippen LogP contribution in [0, 0.1) is 5.92 Å². The fraction of sp³-hybridized carbons (Fsp3) is 0.923. The lowest BCUT2D eigenvalue weighted by molar-refractivity contribution is 0.0484. The van der Waals surface area contributed by atoms with Crippen LogP contribution in [0.25, 0.3) is 0 Å². The van der Waals surface area contributed by atoms with Gasteiger partial charge in [0.15, 0.2) is 0 Å². The zero-order valence-corrected chi connectivity index (χ0v) is 13.5. The third kappa shape index (κ3) is 7.69. The molecule has 1 saturated carbocycles. The number of carbonyl (C=O) groups excluding carboxylic acids is 1. The summed E-state index contributed by atoms with van der Waals surface area (Å²) < 4.78 is 31.9. The summed E-state index contributed by atoms with van der Waals surface area (Å²) >= 11 is 0. The number of carbonyl (C=O) groups is 1. The quantitative estimate of drug-likeness (QED) is 0.804. The normalized spacial score (nSPS) is 24.2. The van der Waals surface area contributed by atoms with Crippen molar-refractivity contribution in [2.24, 2.45) is 5.92 Å². The van der Waals surface area contributed by atoms with Crippen LogP contribution in [0.15, 0.2) is 0 Å². The van der Waals surface area contributed by atoms with E-state index in [1.807, 2.05) is 20.8 Å². The van der Waals surface area contributed by atoms with Gasteiger partial charge >= 0.3 is 6.09 Å². The summed E-state index contributed by atoms with van der Waals surface area (Å²) in [5.74, 6) is 0.237. The van der Waals surface area contributed by atoms with Crippen molar-refractivity contribution in [1.82, 2.24) is 5.32 Å². The molecular formula is C13H25NO5S. The maximum absolute atomic E-state index is 11.6. The van der Waals surface area contributed by atoms with Gasteiger partial charge in [0, 0.05) is 6.04 Å². The van der Waals surface area contributed by atoms with Crippen LogP contribution >= 0.6 is 0 Å². The molecule has 0 spiro atoms. The molecule has 20 heavy (non-hydrogen) atoms. The number of ether oxygens (including phenoxy) is 1. The first-order valence-electron chi connectivity index (χ1n) is 6.89. The van der Waals surface area contributed by atoms with Gasteiger partial charge < -0.3 is 10.1 Å². The molecule has 0 aromatic carbocycles. The minimum absolute atomic E-state index is 0.0966. The first-order valence-corrected chi connectivity index (χ1v) is 8.71. The first kappa shape index (κ1) is 17.2. The zero-order valence-electron chi connectivity index (χ0n) is 12.6. The predicted octanol–water partition coefficient (Wildman–Crippen LogP) is 2.05. The Hall–Kier alpha value is -0.820. The molecule has 0 atom stereocenters. The molecule has 0 saturated heterocycles. The standard InChI is InChI=1S/C13H25NO5S/c1-13(2,3)19-12(15)14-11-7-5-10(6-8-11)9-18-20(4,16)17/h10-11H,5-9H2,1-4H3,(H,14,15). The molecule has 0 unspecified atom stereocenters. The average Bonchev–Trinajstić information content (AvgIpc) is 2.24. The van der Waals surface area contributed by atoms with Gasteiger partial charge in [-0.25, -0.2) is 4.79 Å². The lowest BCUT2D eigenvalue weighted by Crippen LogP contribution is -2.41.